The number of aromatic nitrogens is 1. The van der Waals surface area contributed by atoms with Crippen LogP contribution in [0.2, 0.25) is 0 Å². The van der Waals surface area contributed by atoms with Gasteiger partial charge < -0.3 is 14.5 Å². The van der Waals surface area contributed by atoms with Crippen LogP contribution in [-0.4, -0.2) is 62.7 Å². The number of cyclic esters (lactones) is 1. The maximum atomic E-state index is 12.0. The predicted molar refractivity (Wildman–Crippen MR) is 131 cm³/mol. The van der Waals surface area contributed by atoms with Crippen LogP contribution in [0.4, 0.5) is 5.69 Å². The summed E-state index contributed by atoms with van der Waals surface area (Å²) in [4.78, 5) is 20.9. The monoisotopic (exact) mass is 483 g/mol. The number of hydrogen-bond acceptors (Lipinski definition) is 7. The second kappa shape index (κ2) is 8.96. The number of hydrogen-bond donors (Lipinski definition) is 0. The fourth-order valence-electron chi connectivity index (χ4n) is 5.65. The minimum Gasteiger partial charge on any atom is -0.457 e. The molecule has 0 N–H and O–H groups in total. The number of esters is 1. The van der Waals surface area contributed by atoms with Crippen molar-refractivity contribution in [2.75, 3.05) is 43.4 Å². The number of carbonyl (C=O) groups excluding carboxylic acids is 1. The molecule has 0 bridgehead atoms. The highest BCUT2D eigenvalue weighted by Crippen LogP contribution is 2.42. The first-order chi connectivity index (χ1) is 16.3. The van der Waals surface area contributed by atoms with Crippen molar-refractivity contribution in [1.82, 2.24) is 9.88 Å². The quantitative estimate of drug-likeness (QED) is 0.583. The summed E-state index contributed by atoms with van der Waals surface area (Å²) in [7, 11) is -3.26. The van der Waals surface area contributed by atoms with Crippen molar-refractivity contribution in [2.24, 2.45) is 5.41 Å². The van der Waals surface area contributed by atoms with Crippen molar-refractivity contribution in [3.8, 4) is 0 Å². The van der Waals surface area contributed by atoms with Gasteiger partial charge in [-0.15, -0.1) is 0 Å². The molecule has 2 saturated heterocycles. The second-order valence-electron chi connectivity index (χ2n) is 9.97. The van der Waals surface area contributed by atoms with E-state index in [1.165, 1.54) is 30.4 Å². The van der Waals surface area contributed by atoms with E-state index >= 15 is 0 Å². The van der Waals surface area contributed by atoms with Gasteiger partial charge in [0.25, 0.3) is 0 Å². The summed E-state index contributed by atoms with van der Waals surface area (Å²) >= 11 is 0. The van der Waals surface area contributed by atoms with E-state index in [-0.39, 0.29) is 16.7 Å². The summed E-state index contributed by atoms with van der Waals surface area (Å²) in [6, 6.07) is 7.56. The SMILES string of the molecule is CCS(=O)(=O)c1ccc(N2CCC3(CCN(CCc4ccc5c(c4C)COC5=O)CC3)C2)cn1. The van der Waals surface area contributed by atoms with Gasteiger partial charge in [0.2, 0.25) is 0 Å². The lowest BCUT2D eigenvalue weighted by Crippen LogP contribution is -2.42. The molecule has 5 rings (SSSR count). The van der Waals surface area contributed by atoms with Crippen molar-refractivity contribution in [3.63, 3.8) is 0 Å². The van der Waals surface area contributed by atoms with Gasteiger partial charge in [0.1, 0.15) is 6.61 Å². The molecule has 34 heavy (non-hydrogen) atoms. The molecule has 1 aromatic carbocycles. The Labute approximate surface area is 202 Å². The van der Waals surface area contributed by atoms with Gasteiger partial charge in [0, 0.05) is 25.2 Å². The van der Waals surface area contributed by atoms with E-state index in [0.29, 0.717) is 12.0 Å². The smallest absolute Gasteiger partial charge is 0.338 e. The second-order valence-corrected chi connectivity index (χ2v) is 12.2. The molecular weight excluding hydrogens is 450 g/mol. The number of likely N-dealkylation sites (tertiary alicyclic amines) is 1. The average molecular weight is 484 g/mol. The number of piperidine rings is 1. The zero-order valence-corrected chi connectivity index (χ0v) is 20.9. The molecule has 0 aliphatic carbocycles. The molecule has 3 aliphatic heterocycles. The summed E-state index contributed by atoms with van der Waals surface area (Å²) < 4.78 is 29.3. The summed E-state index contributed by atoms with van der Waals surface area (Å²) in [6.07, 6.45) is 6.25. The van der Waals surface area contributed by atoms with Gasteiger partial charge in [-0.2, -0.15) is 0 Å². The number of ether oxygens (including phenoxy) is 1. The van der Waals surface area contributed by atoms with Crippen molar-refractivity contribution < 1.29 is 17.9 Å². The molecule has 0 amide bonds. The third-order valence-corrected chi connectivity index (χ3v) is 9.75. The molecule has 0 radical (unpaired) electrons. The first kappa shape index (κ1) is 23.3. The Hall–Kier alpha value is -2.45. The number of fused-ring (bicyclic) bond motifs is 1. The van der Waals surface area contributed by atoms with Crippen molar-refractivity contribution in [1.29, 1.82) is 0 Å². The molecular formula is C26H33N3O4S. The Kier molecular flexibility index (Phi) is 6.14. The lowest BCUT2D eigenvalue weighted by Gasteiger charge is -2.39. The van der Waals surface area contributed by atoms with Crippen LogP contribution in [0.25, 0.3) is 0 Å². The fourth-order valence-corrected chi connectivity index (χ4v) is 6.44. The minimum absolute atomic E-state index is 0.0722. The maximum Gasteiger partial charge on any atom is 0.338 e. The normalized spacial score (nSPS) is 20.1. The number of rotatable bonds is 6. The third kappa shape index (κ3) is 4.33. The molecule has 0 atom stereocenters. The number of benzene rings is 1. The lowest BCUT2D eigenvalue weighted by molar-refractivity contribution is 0.0535. The van der Waals surface area contributed by atoms with Crippen LogP contribution in [-0.2, 0) is 27.6 Å². The van der Waals surface area contributed by atoms with Crippen LogP contribution in [0.1, 0.15) is 53.2 Å². The Bertz CT molecular complexity index is 1190. The molecule has 7 nitrogen and oxygen atoms in total. The molecule has 0 saturated carbocycles. The van der Waals surface area contributed by atoms with Crippen molar-refractivity contribution in [2.45, 2.75) is 51.2 Å². The standard InChI is InChI=1S/C26H33N3O4S/c1-3-34(31,32)24-7-5-21(16-27-24)29-15-11-26(18-29)9-13-28(14-10-26)12-8-20-4-6-22-23(19(20)2)17-33-25(22)30/h4-7,16H,3,8-15,17-18H2,1-2H3. The van der Waals surface area contributed by atoms with Crippen LogP contribution in [0.5, 0.6) is 0 Å². The summed E-state index contributed by atoms with van der Waals surface area (Å²) in [5, 5.41) is 0.165. The van der Waals surface area contributed by atoms with Crippen LogP contribution >= 0.6 is 0 Å². The molecule has 0 unspecified atom stereocenters. The summed E-state index contributed by atoms with van der Waals surface area (Å²) in [5.74, 6) is -0.127. The Morgan fingerprint density at radius 3 is 2.56 bits per heavy atom. The van der Waals surface area contributed by atoms with Crippen LogP contribution < -0.4 is 4.90 Å². The number of sulfone groups is 1. The molecule has 1 spiro atoms. The van der Waals surface area contributed by atoms with E-state index in [0.717, 1.165) is 56.0 Å². The topological polar surface area (TPSA) is 79.8 Å². The average Bonchev–Trinajstić information content (AvgIpc) is 3.44. The van der Waals surface area contributed by atoms with E-state index in [1.54, 1.807) is 19.2 Å². The third-order valence-electron chi connectivity index (χ3n) is 8.12. The van der Waals surface area contributed by atoms with E-state index in [1.807, 2.05) is 12.1 Å². The van der Waals surface area contributed by atoms with Crippen LogP contribution in [0, 0.1) is 12.3 Å². The maximum absolute atomic E-state index is 12.0. The first-order valence-corrected chi connectivity index (χ1v) is 13.9. The van der Waals surface area contributed by atoms with Crippen LogP contribution in [0.3, 0.4) is 0 Å². The highest BCUT2D eigenvalue weighted by molar-refractivity contribution is 7.91. The lowest BCUT2D eigenvalue weighted by atomic mass is 9.77. The Balaban J connectivity index is 1.15. The molecule has 4 heterocycles. The van der Waals surface area contributed by atoms with E-state index in [9.17, 15) is 13.2 Å². The van der Waals surface area contributed by atoms with Gasteiger partial charge in [-0.05, 0) is 80.4 Å². The van der Waals surface area contributed by atoms with Gasteiger partial charge in [0.05, 0.1) is 23.2 Å². The number of pyridine rings is 1. The van der Waals surface area contributed by atoms with Gasteiger partial charge >= 0.3 is 5.97 Å². The van der Waals surface area contributed by atoms with Gasteiger partial charge in [-0.3, -0.25) is 0 Å². The number of anilines is 1. The first-order valence-electron chi connectivity index (χ1n) is 12.2. The molecule has 1 aromatic heterocycles. The zero-order chi connectivity index (χ0) is 23.9. The molecule has 182 valence electrons. The Morgan fingerprint density at radius 2 is 1.85 bits per heavy atom. The zero-order valence-electron chi connectivity index (χ0n) is 20.0. The van der Waals surface area contributed by atoms with E-state index < -0.39 is 9.84 Å². The van der Waals surface area contributed by atoms with Crippen molar-refractivity contribution in [3.05, 3.63) is 52.7 Å². The number of nitrogens with zero attached hydrogens (tertiary/aromatic N) is 3. The molecule has 8 heteroatoms. The number of carbonyl (C=O) groups is 1. The highest BCUT2D eigenvalue weighted by atomic mass is 32.2. The molecule has 3 aliphatic rings. The summed E-state index contributed by atoms with van der Waals surface area (Å²) in [6.45, 7) is 9.40. The van der Waals surface area contributed by atoms with Crippen molar-refractivity contribution >= 4 is 21.5 Å². The van der Waals surface area contributed by atoms with E-state index in [4.69, 9.17) is 4.74 Å². The largest absolute Gasteiger partial charge is 0.457 e. The molecule has 2 aromatic rings. The molecule has 2 fully saturated rings. The predicted octanol–water partition coefficient (Wildman–Crippen LogP) is 3.39. The fraction of sp³-hybridized carbons (Fsp3) is 0.538. The van der Waals surface area contributed by atoms with Gasteiger partial charge in [-0.1, -0.05) is 13.0 Å². The highest BCUT2D eigenvalue weighted by Gasteiger charge is 2.40. The van der Waals surface area contributed by atoms with Gasteiger partial charge in [-0.25, -0.2) is 18.2 Å². The Morgan fingerprint density at radius 1 is 1.09 bits per heavy atom. The minimum atomic E-state index is -3.26. The van der Waals surface area contributed by atoms with Gasteiger partial charge in [0.15, 0.2) is 14.9 Å². The van der Waals surface area contributed by atoms with Crippen LogP contribution in [0.15, 0.2) is 35.5 Å². The van der Waals surface area contributed by atoms with E-state index in [2.05, 4.69) is 27.8 Å². The summed E-state index contributed by atoms with van der Waals surface area (Å²) in [5.41, 5.74) is 5.65.